The van der Waals surface area contributed by atoms with Crippen molar-refractivity contribution in [2.45, 2.75) is 31.2 Å². The molecule has 0 spiro atoms. The van der Waals surface area contributed by atoms with E-state index in [-0.39, 0.29) is 34.9 Å². The molecule has 0 fully saturated rings. The molecule has 1 aliphatic rings. The Morgan fingerprint density at radius 2 is 1.86 bits per heavy atom. The number of rotatable bonds is 7. The number of hydrogen-bond acceptors (Lipinski definition) is 7. The number of carbonyl (C=O) groups is 3. The number of carbonyl (C=O) groups excluding carboxylic acids is 3. The first-order valence-corrected chi connectivity index (χ1v) is 10.5. The number of ether oxygens (including phenoxy) is 2. The van der Waals surface area contributed by atoms with Crippen LogP contribution in [0.3, 0.4) is 0 Å². The number of nitrogens with one attached hydrogen (secondary N) is 2. The van der Waals surface area contributed by atoms with Crippen LogP contribution in [-0.2, 0) is 24.1 Å². The maximum atomic E-state index is 12.3. The van der Waals surface area contributed by atoms with Gasteiger partial charge >= 0.3 is 18.0 Å². The molecule has 0 unspecified atom stereocenters. The van der Waals surface area contributed by atoms with Crippen molar-refractivity contribution >= 4 is 27.8 Å². The molecule has 0 aromatic heterocycles. The topological polar surface area (TPSA) is 128 Å². The molecule has 28 heavy (non-hydrogen) atoms. The Hall–Kier alpha value is -2.88. The zero-order valence-corrected chi connectivity index (χ0v) is 16.6. The Morgan fingerprint density at radius 3 is 2.46 bits per heavy atom. The van der Waals surface area contributed by atoms with Gasteiger partial charge in [0.15, 0.2) is 9.84 Å². The normalized spacial score (nSPS) is 16.8. The average molecular weight is 410 g/mol. The molecule has 0 aliphatic carbocycles. The Bertz CT molecular complexity index is 922. The predicted octanol–water partition coefficient (Wildman–Crippen LogP) is 1.16. The lowest BCUT2D eigenvalue weighted by Crippen LogP contribution is -2.51. The average Bonchev–Trinajstić information content (AvgIpc) is 2.65. The van der Waals surface area contributed by atoms with Crippen LogP contribution in [0.2, 0.25) is 0 Å². The molecule has 0 saturated heterocycles. The van der Waals surface area contributed by atoms with Crippen LogP contribution in [-0.4, -0.2) is 51.9 Å². The minimum Gasteiger partial charge on any atom is -0.463 e. The molecular weight excluding hydrogens is 388 g/mol. The Balaban J connectivity index is 2.25. The quantitative estimate of drug-likeness (QED) is 0.646. The van der Waals surface area contributed by atoms with Gasteiger partial charge in [-0.2, -0.15) is 0 Å². The van der Waals surface area contributed by atoms with Crippen molar-refractivity contribution in [2.24, 2.45) is 0 Å². The van der Waals surface area contributed by atoms with E-state index < -0.39 is 33.8 Å². The second-order valence-electron chi connectivity index (χ2n) is 6.05. The highest BCUT2D eigenvalue weighted by Crippen LogP contribution is 2.18. The van der Waals surface area contributed by atoms with Gasteiger partial charge in [-0.25, -0.2) is 22.8 Å². The summed E-state index contributed by atoms with van der Waals surface area (Å²) in [6, 6.07) is 4.31. The van der Waals surface area contributed by atoms with Gasteiger partial charge in [0.25, 0.3) is 0 Å². The van der Waals surface area contributed by atoms with E-state index in [9.17, 15) is 22.8 Å². The van der Waals surface area contributed by atoms with Crippen LogP contribution < -0.4 is 10.6 Å². The zero-order chi connectivity index (χ0) is 20.9. The van der Waals surface area contributed by atoms with Gasteiger partial charge in [-0.1, -0.05) is 13.0 Å². The lowest BCUT2D eigenvalue weighted by molar-refractivity contribution is -0.139. The summed E-state index contributed by atoms with van der Waals surface area (Å²) in [6.07, 6.45) is 1.47. The minimum atomic E-state index is -3.48. The SMILES string of the molecule is CCOC(=O)C1=C(COC(=O)c2cccc(S(C)(=O)=O)c2)NC(=O)N[C@H]1CC. The molecule has 0 bridgehead atoms. The van der Waals surface area contributed by atoms with E-state index in [4.69, 9.17) is 9.47 Å². The summed E-state index contributed by atoms with van der Waals surface area (Å²) >= 11 is 0. The monoisotopic (exact) mass is 410 g/mol. The summed E-state index contributed by atoms with van der Waals surface area (Å²) in [5.41, 5.74) is 0.344. The molecule has 2 N–H and O–H groups in total. The number of esters is 2. The zero-order valence-electron chi connectivity index (χ0n) is 15.8. The predicted molar refractivity (Wildman–Crippen MR) is 99.2 cm³/mol. The van der Waals surface area contributed by atoms with Crippen molar-refractivity contribution in [3.8, 4) is 0 Å². The Labute approximate surface area is 163 Å². The van der Waals surface area contributed by atoms with Crippen molar-refractivity contribution in [2.75, 3.05) is 19.5 Å². The summed E-state index contributed by atoms with van der Waals surface area (Å²) in [6.45, 7) is 3.22. The van der Waals surface area contributed by atoms with Crippen LogP contribution in [0.25, 0.3) is 0 Å². The highest BCUT2D eigenvalue weighted by molar-refractivity contribution is 7.90. The van der Waals surface area contributed by atoms with Gasteiger partial charge in [0, 0.05) is 6.26 Å². The number of urea groups is 1. The molecule has 1 aromatic carbocycles. The maximum absolute atomic E-state index is 12.3. The molecule has 10 heteroatoms. The van der Waals surface area contributed by atoms with Crippen LogP contribution in [0.4, 0.5) is 4.79 Å². The van der Waals surface area contributed by atoms with E-state index in [1.807, 2.05) is 0 Å². The summed E-state index contributed by atoms with van der Waals surface area (Å²) in [7, 11) is -3.48. The van der Waals surface area contributed by atoms with E-state index in [0.29, 0.717) is 6.42 Å². The summed E-state index contributed by atoms with van der Waals surface area (Å²) in [5.74, 6) is -1.41. The van der Waals surface area contributed by atoms with Gasteiger partial charge < -0.3 is 20.1 Å². The fraction of sp³-hybridized carbons (Fsp3) is 0.389. The molecule has 2 amide bonds. The molecule has 1 aromatic rings. The van der Waals surface area contributed by atoms with E-state index in [2.05, 4.69) is 10.6 Å². The van der Waals surface area contributed by atoms with E-state index in [1.54, 1.807) is 13.8 Å². The molecule has 0 saturated carbocycles. The van der Waals surface area contributed by atoms with Gasteiger partial charge in [-0.15, -0.1) is 0 Å². The number of benzene rings is 1. The lowest BCUT2D eigenvalue weighted by Gasteiger charge is -2.28. The fourth-order valence-electron chi connectivity index (χ4n) is 2.65. The van der Waals surface area contributed by atoms with Crippen molar-refractivity contribution in [1.82, 2.24) is 10.6 Å². The third kappa shape index (κ3) is 5.10. The van der Waals surface area contributed by atoms with Crippen molar-refractivity contribution in [3.05, 3.63) is 41.1 Å². The van der Waals surface area contributed by atoms with E-state index in [0.717, 1.165) is 6.26 Å². The number of amides is 2. The summed E-state index contributed by atoms with van der Waals surface area (Å²) in [4.78, 5) is 36.4. The van der Waals surface area contributed by atoms with E-state index in [1.165, 1.54) is 24.3 Å². The van der Waals surface area contributed by atoms with Gasteiger partial charge in [0.2, 0.25) is 0 Å². The first-order chi connectivity index (χ1) is 13.2. The molecule has 2 rings (SSSR count). The van der Waals surface area contributed by atoms with Gasteiger partial charge in [0.05, 0.1) is 34.4 Å². The van der Waals surface area contributed by atoms with Crippen LogP contribution in [0.5, 0.6) is 0 Å². The van der Waals surface area contributed by atoms with Crippen LogP contribution in [0.1, 0.15) is 30.6 Å². The van der Waals surface area contributed by atoms with E-state index >= 15 is 0 Å². The van der Waals surface area contributed by atoms with Crippen molar-refractivity contribution < 1.29 is 32.3 Å². The second kappa shape index (κ2) is 8.87. The standard InChI is InChI=1S/C18H22N2O7S/c1-4-13-15(17(22)26-5-2)14(20-18(23)19-13)10-27-16(21)11-7-6-8-12(9-11)28(3,24)25/h6-9,13H,4-5,10H2,1-3H3,(H2,19,20,23)/t13-/m0/s1. The maximum Gasteiger partial charge on any atom is 0.338 e. The molecule has 1 heterocycles. The molecule has 1 atom stereocenters. The number of hydrogen-bond donors (Lipinski definition) is 2. The summed E-state index contributed by atoms with van der Waals surface area (Å²) < 4.78 is 33.5. The van der Waals surface area contributed by atoms with Crippen LogP contribution >= 0.6 is 0 Å². The van der Waals surface area contributed by atoms with Crippen LogP contribution in [0.15, 0.2) is 40.4 Å². The first kappa shape index (κ1) is 21.4. The first-order valence-electron chi connectivity index (χ1n) is 8.62. The molecule has 1 aliphatic heterocycles. The Kier molecular flexibility index (Phi) is 6.79. The highest BCUT2D eigenvalue weighted by Gasteiger charge is 2.32. The number of sulfone groups is 1. The van der Waals surface area contributed by atoms with Gasteiger partial charge in [-0.3, -0.25) is 0 Å². The van der Waals surface area contributed by atoms with Gasteiger partial charge in [0.1, 0.15) is 6.61 Å². The fourth-order valence-corrected chi connectivity index (χ4v) is 3.32. The molecule has 0 radical (unpaired) electrons. The van der Waals surface area contributed by atoms with Crippen molar-refractivity contribution in [3.63, 3.8) is 0 Å². The third-order valence-corrected chi connectivity index (χ3v) is 5.10. The molecular formula is C18H22N2O7S. The second-order valence-corrected chi connectivity index (χ2v) is 8.06. The molecule has 9 nitrogen and oxygen atoms in total. The lowest BCUT2D eigenvalue weighted by atomic mass is 10.0. The third-order valence-electron chi connectivity index (χ3n) is 3.99. The largest absolute Gasteiger partial charge is 0.463 e. The van der Waals surface area contributed by atoms with Crippen molar-refractivity contribution in [1.29, 1.82) is 0 Å². The van der Waals surface area contributed by atoms with Crippen LogP contribution in [0, 0.1) is 0 Å². The summed E-state index contributed by atoms with van der Waals surface area (Å²) in [5, 5.41) is 5.08. The highest BCUT2D eigenvalue weighted by atomic mass is 32.2. The van der Waals surface area contributed by atoms with Gasteiger partial charge in [-0.05, 0) is 31.5 Å². The molecule has 152 valence electrons. The smallest absolute Gasteiger partial charge is 0.338 e. The minimum absolute atomic E-state index is 0.0189. The Morgan fingerprint density at radius 1 is 1.14 bits per heavy atom.